The van der Waals surface area contributed by atoms with Gasteiger partial charge in [0.05, 0.1) is 5.37 Å². The van der Waals surface area contributed by atoms with Gasteiger partial charge in [-0.2, -0.15) is 12.6 Å². The van der Waals surface area contributed by atoms with Crippen LogP contribution in [-0.4, -0.2) is 10.4 Å². The van der Waals surface area contributed by atoms with Gasteiger partial charge in [0.15, 0.2) is 0 Å². The maximum atomic E-state index is 13.4. The normalized spacial score (nSPS) is 12.4. The lowest BCUT2D eigenvalue weighted by Crippen LogP contribution is -2.07. The molecule has 0 aliphatic heterocycles. The Labute approximate surface area is 138 Å². The monoisotopic (exact) mass is 332 g/mol. The molecule has 5 heteroatoms. The first-order chi connectivity index (χ1) is 10.5. The molecule has 0 spiro atoms. The van der Waals surface area contributed by atoms with Gasteiger partial charge < -0.3 is 5.32 Å². The Kier molecular flexibility index (Phi) is 4.23. The summed E-state index contributed by atoms with van der Waals surface area (Å²) in [6.07, 6.45) is 1.78. The molecule has 0 aliphatic carbocycles. The summed E-state index contributed by atoms with van der Waals surface area (Å²) in [5.41, 5.74) is 1.54. The molecule has 1 unspecified atom stereocenters. The molecule has 0 fully saturated rings. The quantitative estimate of drug-likeness (QED) is 0.497. The first-order valence-corrected chi connectivity index (χ1v) is 7.72. The van der Waals surface area contributed by atoms with Crippen molar-refractivity contribution in [2.45, 2.75) is 12.3 Å². The van der Waals surface area contributed by atoms with Gasteiger partial charge >= 0.3 is 0 Å². The van der Waals surface area contributed by atoms with Gasteiger partial charge in [-0.1, -0.05) is 23.7 Å². The minimum absolute atomic E-state index is 0.0234. The van der Waals surface area contributed by atoms with Crippen LogP contribution in [0.5, 0.6) is 0 Å². The van der Waals surface area contributed by atoms with Crippen LogP contribution in [0.25, 0.3) is 21.9 Å². The number of nitrogens with one attached hydrogen (secondary N) is 1. The van der Waals surface area contributed by atoms with Crippen molar-refractivity contribution in [3.63, 3.8) is 0 Å². The van der Waals surface area contributed by atoms with Crippen LogP contribution in [0.3, 0.4) is 0 Å². The van der Waals surface area contributed by atoms with E-state index in [1.54, 1.807) is 12.3 Å². The number of nitrogens with zero attached hydrogens (tertiary/aromatic N) is 1. The Morgan fingerprint density at radius 2 is 1.95 bits per heavy atom. The minimum Gasteiger partial charge on any atom is -0.359 e. The molecular weight excluding hydrogens is 319 g/mol. The van der Waals surface area contributed by atoms with Crippen molar-refractivity contribution in [3.8, 4) is 11.1 Å². The van der Waals surface area contributed by atoms with E-state index in [9.17, 15) is 4.39 Å². The van der Waals surface area contributed by atoms with Crippen molar-refractivity contribution in [1.82, 2.24) is 4.98 Å². The molecule has 0 radical (unpaired) electrons. The number of fused-ring (bicyclic) bond motifs is 1. The average molecular weight is 333 g/mol. The number of rotatable bonds is 3. The molecule has 0 amide bonds. The van der Waals surface area contributed by atoms with Crippen LogP contribution in [0.4, 0.5) is 10.2 Å². The maximum Gasteiger partial charge on any atom is 0.127 e. The van der Waals surface area contributed by atoms with Gasteiger partial charge in [-0.3, -0.25) is 0 Å². The minimum atomic E-state index is -0.306. The van der Waals surface area contributed by atoms with Crippen LogP contribution in [0, 0.1) is 5.82 Å². The standard InChI is InChI=1S/C17H14ClFN2S/c1-10(22)21-17-7-11-2-3-12(6-13(11)9-20-17)15-8-14(19)4-5-16(15)18/h2-10,22H,1H3,(H,20,21). The number of hydrogen-bond acceptors (Lipinski definition) is 3. The molecule has 0 saturated heterocycles. The number of aromatic nitrogens is 1. The fraction of sp³-hybridized carbons (Fsp3) is 0.118. The van der Waals surface area contributed by atoms with Crippen molar-refractivity contribution in [1.29, 1.82) is 0 Å². The molecule has 2 nitrogen and oxygen atoms in total. The Balaban J connectivity index is 2.05. The number of hydrogen-bond donors (Lipinski definition) is 2. The summed E-state index contributed by atoms with van der Waals surface area (Å²) >= 11 is 10.5. The Morgan fingerprint density at radius 3 is 2.73 bits per heavy atom. The van der Waals surface area contributed by atoms with Gasteiger partial charge in [0, 0.05) is 22.2 Å². The third kappa shape index (κ3) is 3.18. The van der Waals surface area contributed by atoms with Crippen LogP contribution in [0.15, 0.2) is 48.7 Å². The van der Waals surface area contributed by atoms with Crippen molar-refractivity contribution in [2.75, 3.05) is 5.32 Å². The van der Waals surface area contributed by atoms with Crippen LogP contribution >= 0.6 is 24.2 Å². The fourth-order valence-electron chi connectivity index (χ4n) is 2.32. The van der Waals surface area contributed by atoms with Gasteiger partial charge in [-0.15, -0.1) is 0 Å². The maximum absolute atomic E-state index is 13.4. The average Bonchev–Trinajstić information content (AvgIpc) is 2.48. The summed E-state index contributed by atoms with van der Waals surface area (Å²) in [6.45, 7) is 1.93. The molecule has 3 aromatic rings. The lowest BCUT2D eigenvalue weighted by Gasteiger charge is -2.10. The highest BCUT2D eigenvalue weighted by Gasteiger charge is 2.07. The van der Waals surface area contributed by atoms with Crippen LogP contribution < -0.4 is 5.32 Å². The topological polar surface area (TPSA) is 24.9 Å². The van der Waals surface area contributed by atoms with Crippen LogP contribution in [0.2, 0.25) is 5.02 Å². The number of pyridine rings is 1. The lowest BCUT2D eigenvalue weighted by molar-refractivity contribution is 0.628. The molecule has 0 aliphatic rings. The number of anilines is 1. The predicted octanol–water partition coefficient (Wildman–Crippen LogP) is 5.38. The molecule has 112 valence electrons. The van der Waals surface area contributed by atoms with E-state index in [0.29, 0.717) is 10.6 Å². The van der Waals surface area contributed by atoms with E-state index in [1.165, 1.54) is 12.1 Å². The first-order valence-electron chi connectivity index (χ1n) is 6.83. The largest absolute Gasteiger partial charge is 0.359 e. The first kappa shape index (κ1) is 15.1. The molecule has 1 heterocycles. The number of benzene rings is 2. The summed E-state index contributed by atoms with van der Waals surface area (Å²) in [5, 5.41) is 5.70. The second-order valence-corrected chi connectivity index (χ2v) is 6.26. The van der Waals surface area contributed by atoms with Crippen molar-refractivity contribution in [3.05, 3.63) is 59.5 Å². The zero-order valence-electron chi connectivity index (χ0n) is 11.8. The van der Waals surface area contributed by atoms with E-state index in [1.807, 2.05) is 31.2 Å². The highest BCUT2D eigenvalue weighted by molar-refractivity contribution is 7.81. The summed E-state index contributed by atoms with van der Waals surface area (Å²) in [5.74, 6) is 0.464. The molecule has 22 heavy (non-hydrogen) atoms. The van der Waals surface area contributed by atoms with Gasteiger partial charge in [-0.05, 0) is 48.2 Å². The second-order valence-electron chi connectivity index (χ2n) is 5.08. The predicted molar refractivity (Wildman–Crippen MR) is 94.2 cm³/mol. The zero-order chi connectivity index (χ0) is 15.7. The summed E-state index contributed by atoms with van der Waals surface area (Å²) in [6, 6.07) is 12.2. The highest BCUT2D eigenvalue weighted by atomic mass is 35.5. The molecule has 1 aromatic heterocycles. The smallest absolute Gasteiger partial charge is 0.127 e. The van der Waals surface area contributed by atoms with Gasteiger partial charge in [0.1, 0.15) is 11.6 Å². The summed E-state index contributed by atoms with van der Waals surface area (Å²) in [4.78, 5) is 4.35. The van der Waals surface area contributed by atoms with Crippen molar-refractivity contribution >= 4 is 40.8 Å². The van der Waals surface area contributed by atoms with E-state index >= 15 is 0 Å². The van der Waals surface area contributed by atoms with Gasteiger partial charge in [0.25, 0.3) is 0 Å². The third-order valence-electron chi connectivity index (χ3n) is 3.32. The molecular formula is C17H14ClFN2S. The zero-order valence-corrected chi connectivity index (χ0v) is 13.5. The van der Waals surface area contributed by atoms with E-state index in [4.69, 9.17) is 11.6 Å². The molecule has 1 atom stereocenters. The SMILES string of the molecule is CC(S)Nc1cc2ccc(-c3cc(F)ccc3Cl)cc2cn1. The number of thiol groups is 1. The molecule has 1 N–H and O–H groups in total. The Hall–Kier alpha value is -1.78. The second kappa shape index (κ2) is 6.15. The Morgan fingerprint density at radius 1 is 1.14 bits per heavy atom. The third-order valence-corrected chi connectivity index (χ3v) is 3.78. The summed E-state index contributed by atoms with van der Waals surface area (Å²) < 4.78 is 13.4. The van der Waals surface area contributed by atoms with Crippen LogP contribution in [0.1, 0.15) is 6.92 Å². The van der Waals surface area contributed by atoms with E-state index in [0.717, 1.165) is 22.2 Å². The Bertz CT molecular complexity index is 836. The molecule has 3 rings (SSSR count). The fourth-order valence-corrected chi connectivity index (χ4v) is 2.68. The van der Waals surface area contributed by atoms with Gasteiger partial charge in [0.2, 0.25) is 0 Å². The van der Waals surface area contributed by atoms with Crippen molar-refractivity contribution in [2.24, 2.45) is 0 Å². The van der Waals surface area contributed by atoms with Crippen molar-refractivity contribution < 1.29 is 4.39 Å². The van der Waals surface area contributed by atoms with E-state index in [2.05, 4.69) is 22.9 Å². The highest BCUT2D eigenvalue weighted by Crippen LogP contribution is 2.31. The molecule has 2 aromatic carbocycles. The van der Waals surface area contributed by atoms with Gasteiger partial charge in [-0.25, -0.2) is 9.37 Å². The molecule has 0 bridgehead atoms. The van der Waals surface area contributed by atoms with E-state index in [-0.39, 0.29) is 11.2 Å². The van der Waals surface area contributed by atoms with E-state index < -0.39 is 0 Å². The van der Waals surface area contributed by atoms with Crippen LogP contribution in [-0.2, 0) is 0 Å². The number of halogens is 2. The molecule has 0 saturated carbocycles. The summed E-state index contributed by atoms with van der Waals surface area (Å²) in [7, 11) is 0. The lowest BCUT2D eigenvalue weighted by atomic mass is 10.0.